The monoisotopic (exact) mass is 710 g/mol. The minimum Gasteiger partial charge on any atom is -0.463 e. The van der Waals surface area contributed by atoms with Crippen LogP contribution < -0.4 is 5.32 Å². The number of carbonyl (C=O) groups excluding carboxylic acids is 2. The zero-order valence-corrected chi connectivity index (χ0v) is 28.2. The fourth-order valence-electron chi connectivity index (χ4n) is 5.71. The number of nitrogens with one attached hydrogen (secondary N) is 1. The number of amidine groups is 1. The van der Waals surface area contributed by atoms with E-state index in [2.05, 4.69) is 26.2 Å². The van der Waals surface area contributed by atoms with Crippen LogP contribution in [0.5, 0.6) is 0 Å². The van der Waals surface area contributed by atoms with Gasteiger partial charge in [-0.3, -0.25) is 9.79 Å². The van der Waals surface area contributed by atoms with E-state index in [1.807, 2.05) is 5.38 Å². The molecule has 238 valence electrons. The van der Waals surface area contributed by atoms with Crippen molar-refractivity contribution in [2.24, 2.45) is 16.8 Å². The summed E-state index contributed by atoms with van der Waals surface area (Å²) in [6.07, 6.45) is 3.07. The van der Waals surface area contributed by atoms with Gasteiger partial charge in [0.1, 0.15) is 17.5 Å². The van der Waals surface area contributed by atoms with Gasteiger partial charge in [-0.25, -0.2) is 26.9 Å². The van der Waals surface area contributed by atoms with Gasteiger partial charge in [-0.2, -0.15) is 0 Å². The predicted molar refractivity (Wildman–Crippen MR) is 168 cm³/mol. The number of carbonyl (C=O) groups is 2. The lowest BCUT2D eigenvalue weighted by Crippen LogP contribution is -2.50. The second-order valence-electron chi connectivity index (χ2n) is 12.1. The van der Waals surface area contributed by atoms with Crippen molar-refractivity contribution in [1.82, 2.24) is 14.6 Å². The number of thiazole rings is 1. The molecule has 1 saturated carbocycles. The number of allylic oxidation sites excluding steroid dienone is 1. The normalized spacial score (nSPS) is 23.4. The maximum absolute atomic E-state index is 14.0. The van der Waals surface area contributed by atoms with E-state index in [-0.39, 0.29) is 44.4 Å². The molecule has 14 heteroatoms. The average molecular weight is 712 g/mol. The van der Waals surface area contributed by atoms with Gasteiger partial charge in [0, 0.05) is 40.8 Å². The number of nitrogens with zero attached hydrogens (tertiary/aromatic N) is 3. The summed E-state index contributed by atoms with van der Waals surface area (Å²) in [5.74, 6) is -1.48. The van der Waals surface area contributed by atoms with Crippen molar-refractivity contribution in [2.45, 2.75) is 70.3 Å². The van der Waals surface area contributed by atoms with Crippen LogP contribution in [0.4, 0.5) is 4.39 Å². The molecule has 2 aromatic rings. The molecule has 0 spiro atoms. The van der Waals surface area contributed by atoms with Crippen LogP contribution in [0.2, 0.25) is 0 Å². The Morgan fingerprint density at radius 3 is 2.50 bits per heavy atom. The molecule has 5 rings (SSSR count). The van der Waals surface area contributed by atoms with E-state index in [1.165, 1.54) is 27.8 Å². The summed E-state index contributed by atoms with van der Waals surface area (Å²) in [6, 6.07) is 3.43. The first-order chi connectivity index (χ1) is 20.8. The number of ether oxygens (including phenoxy) is 2. The van der Waals surface area contributed by atoms with E-state index in [9.17, 15) is 22.4 Å². The van der Waals surface area contributed by atoms with E-state index in [0.717, 1.165) is 0 Å². The van der Waals surface area contributed by atoms with E-state index < -0.39 is 44.6 Å². The van der Waals surface area contributed by atoms with Crippen molar-refractivity contribution in [3.63, 3.8) is 0 Å². The van der Waals surface area contributed by atoms with Crippen LogP contribution in [0.3, 0.4) is 0 Å². The van der Waals surface area contributed by atoms with Gasteiger partial charge in [0.05, 0.1) is 23.3 Å². The molecule has 0 bridgehead atoms. The molecule has 3 aliphatic rings. The summed E-state index contributed by atoms with van der Waals surface area (Å²) in [4.78, 5) is 35.2. The third kappa shape index (κ3) is 6.92. The molecule has 44 heavy (non-hydrogen) atoms. The molecule has 1 unspecified atom stereocenters. The lowest BCUT2D eigenvalue weighted by atomic mass is 9.85. The van der Waals surface area contributed by atoms with Gasteiger partial charge < -0.3 is 14.8 Å². The fourth-order valence-corrected chi connectivity index (χ4v) is 8.96. The molecule has 1 aromatic heterocycles. The van der Waals surface area contributed by atoms with Crippen molar-refractivity contribution >= 4 is 55.1 Å². The summed E-state index contributed by atoms with van der Waals surface area (Å²) < 4.78 is 53.9. The summed E-state index contributed by atoms with van der Waals surface area (Å²) in [7, 11) is -3.61. The minimum atomic E-state index is -3.61. The molecule has 2 aliphatic heterocycles. The second kappa shape index (κ2) is 13.0. The summed E-state index contributed by atoms with van der Waals surface area (Å²) in [6.45, 7) is 7.76. The minimum absolute atomic E-state index is 0.151. The first kappa shape index (κ1) is 32.7. The highest BCUT2D eigenvalue weighted by Gasteiger charge is 2.47. The van der Waals surface area contributed by atoms with Crippen LogP contribution in [0.15, 0.2) is 50.5 Å². The zero-order chi connectivity index (χ0) is 31.8. The molecule has 0 radical (unpaired) electrons. The van der Waals surface area contributed by atoms with Gasteiger partial charge in [0.25, 0.3) is 0 Å². The Morgan fingerprint density at radius 1 is 1.20 bits per heavy atom. The van der Waals surface area contributed by atoms with Crippen molar-refractivity contribution < 1.29 is 31.9 Å². The van der Waals surface area contributed by atoms with Gasteiger partial charge in [-0.15, -0.1) is 11.3 Å². The van der Waals surface area contributed by atoms with E-state index in [0.29, 0.717) is 45.0 Å². The first-order valence-electron chi connectivity index (χ1n) is 14.6. The zero-order valence-electron chi connectivity index (χ0n) is 25.0. The predicted octanol–water partition coefficient (Wildman–Crippen LogP) is 5.12. The maximum Gasteiger partial charge on any atom is 0.338 e. The van der Waals surface area contributed by atoms with Crippen molar-refractivity contribution in [3.8, 4) is 0 Å². The van der Waals surface area contributed by atoms with Crippen LogP contribution >= 0.6 is 27.3 Å². The Bertz CT molecular complexity index is 1570. The molecule has 1 saturated heterocycles. The highest BCUT2D eigenvalue weighted by atomic mass is 79.9. The van der Waals surface area contributed by atoms with Gasteiger partial charge in [0.2, 0.25) is 10.0 Å². The Kier molecular flexibility index (Phi) is 9.64. The fraction of sp³-hybridized carbons (Fsp3) is 0.533. The SMILES string of the molecule is CCOC(=O)C1=C(C2CCN(S(=O)(=O)C3CC(C(=O)OC(C)(C)C)C3)CC2)NC(c2nccs2)=NC1c1ccc(F)cc1Br. The quantitative estimate of drug-likeness (QED) is 0.375. The number of benzene rings is 1. The van der Waals surface area contributed by atoms with Gasteiger partial charge in [-0.1, -0.05) is 22.0 Å². The third-order valence-electron chi connectivity index (χ3n) is 7.94. The molecular formula is C30H36BrFN4O6S2. The number of aromatic nitrogens is 1. The maximum atomic E-state index is 14.0. The highest BCUT2D eigenvalue weighted by Crippen LogP contribution is 2.42. The number of esters is 2. The molecular weight excluding hydrogens is 675 g/mol. The molecule has 0 amide bonds. The van der Waals surface area contributed by atoms with Crippen LogP contribution in [-0.2, 0) is 29.1 Å². The standard InChI is InChI=1S/C30H36BrFN4O6S2/c1-5-41-29(38)23-24(34-26(27-33-10-13-43-27)35-25(23)21-7-6-19(32)16-22(21)31)17-8-11-36(12-9-17)44(39,40)20-14-18(15-20)28(37)42-30(2,3)4/h6-7,10,13,16-18,20,25H,5,8-9,11-12,14-15H2,1-4H3,(H,34,35). The molecule has 1 atom stereocenters. The van der Waals surface area contributed by atoms with Gasteiger partial charge >= 0.3 is 11.9 Å². The summed E-state index contributed by atoms with van der Waals surface area (Å²) >= 11 is 4.83. The average Bonchev–Trinajstić information content (AvgIpc) is 3.46. The second-order valence-corrected chi connectivity index (χ2v) is 16.1. The molecule has 3 heterocycles. The molecule has 10 nitrogen and oxygen atoms in total. The van der Waals surface area contributed by atoms with Crippen molar-refractivity contribution in [3.05, 3.63) is 61.9 Å². The number of hydrogen-bond donors (Lipinski definition) is 1. The lowest BCUT2D eigenvalue weighted by molar-refractivity contribution is -0.162. The van der Waals surface area contributed by atoms with Crippen LogP contribution in [0, 0.1) is 17.7 Å². The largest absolute Gasteiger partial charge is 0.463 e. The third-order valence-corrected chi connectivity index (χ3v) is 11.7. The van der Waals surface area contributed by atoms with Gasteiger partial charge in [-0.05, 0) is 71.1 Å². The van der Waals surface area contributed by atoms with E-state index in [1.54, 1.807) is 40.0 Å². The van der Waals surface area contributed by atoms with Crippen molar-refractivity contribution in [2.75, 3.05) is 19.7 Å². The Hall–Kier alpha value is -2.68. The van der Waals surface area contributed by atoms with E-state index in [4.69, 9.17) is 14.5 Å². The van der Waals surface area contributed by atoms with E-state index >= 15 is 0 Å². The number of sulfonamides is 1. The molecule has 1 N–H and O–H groups in total. The lowest BCUT2D eigenvalue weighted by Gasteiger charge is -2.40. The summed E-state index contributed by atoms with van der Waals surface area (Å²) in [5.41, 5.74) is 0.880. The highest BCUT2D eigenvalue weighted by molar-refractivity contribution is 9.10. The Morgan fingerprint density at radius 2 is 1.91 bits per heavy atom. The number of rotatable bonds is 8. The Balaban J connectivity index is 1.39. The number of halogens is 2. The molecule has 1 aromatic carbocycles. The van der Waals surface area contributed by atoms with Crippen LogP contribution in [0.1, 0.15) is 70.0 Å². The topological polar surface area (TPSA) is 127 Å². The summed E-state index contributed by atoms with van der Waals surface area (Å²) in [5, 5.41) is 5.17. The number of aliphatic imine (C=N–C) groups is 1. The number of piperidine rings is 1. The molecule has 2 fully saturated rings. The Labute approximate surface area is 269 Å². The van der Waals surface area contributed by atoms with Crippen LogP contribution in [-0.4, -0.2) is 66.0 Å². The molecule has 1 aliphatic carbocycles. The van der Waals surface area contributed by atoms with Crippen molar-refractivity contribution in [1.29, 1.82) is 0 Å². The smallest absolute Gasteiger partial charge is 0.338 e. The van der Waals surface area contributed by atoms with Gasteiger partial charge in [0.15, 0.2) is 10.8 Å². The number of hydrogen-bond acceptors (Lipinski definition) is 10. The van der Waals surface area contributed by atoms with Crippen LogP contribution in [0.25, 0.3) is 0 Å². The first-order valence-corrected chi connectivity index (χ1v) is 17.8.